The molecule has 1 aliphatic rings. The lowest BCUT2D eigenvalue weighted by atomic mass is 9.95. The van der Waals surface area contributed by atoms with Gasteiger partial charge in [-0.3, -0.25) is 9.59 Å². The summed E-state index contributed by atoms with van der Waals surface area (Å²) in [6.07, 6.45) is 5.54. The second-order valence-electron chi connectivity index (χ2n) is 6.66. The lowest BCUT2D eigenvalue weighted by molar-refractivity contribution is 0.0926. The highest BCUT2D eigenvalue weighted by atomic mass is 35.5. The number of amides is 2. The third-order valence-electron chi connectivity index (χ3n) is 4.77. The van der Waals surface area contributed by atoms with Crippen molar-refractivity contribution in [3.8, 4) is 5.75 Å². The molecular formula is C21H23ClN2O3. The fourth-order valence-corrected chi connectivity index (χ4v) is 3.46. The molecule has 0 atom stereocenters. The maximum Gasteiger partial charge on any atom is 0.259 e. The molecule has 27 heavy (non-hydrogen) atoms. The molecule has 0 aliphatic heterocycles. The van der Waals surface area contributed by atoms with E-state index in [1.54, 1.807) is 42.5 Å². The zero-order chi connectivity index (χ0) is 19.2. The molecule has 2 aromatic carbocycles. The van der Waals surface area contributed by atoms with Crippen molar-refractivity contribution >= 4 is 29.1 Å². The van der Waals surface area contributed by atoms with Gasteiger partial charge in [0.25, 0.3) is 11.8 Å². The van der Waals surface area contributed by atoms with E-state index in [-0.39, 0.29) is 17.9 Å². The van der Waals surface area contributed by atoms with Gasteiger partial charge in [-0.2, -0.15) is 0 Å². The number of rotatable bonds is 5. The summed E-state index contributed by atoms with van der Waals surface area (Å²) in [6, 6.07) is 12.0. The monoisotopic (exact) mass is 386 g/mol. The molecule has 0 unspecified atom stereocenters. The normalized spacial score (nSPS) is 14.4. The predicted octanol–water partition coefficient (Wildman–Crippen LogP) is 4.66. The maximum absolute atomic E-state index is 12.6. The topological polar surface area (TPSA) is 67.4 Å². The van der Waals surface area contributed by atoms with E-state index in [4.69, 9.17) is 16.3 Å². The molecule has 6 heteroatoms. The third kappa shape index (κ3) is 4.80. The fourth-order valence-electron chi connectivity index (χ4n) is 3.30. The highest BCUT2D eigenvalue weighted by Gasteiger charge is 2.18. The van der Waals surface area contributed by atoms with Gasteiger partial charge in [0.2, 0.25) is 0 Å². The van der Waals surface area contributed by atoms with Gasteiger partial charge < -0.3 is 15.4 Å². The van der Waals surface area contributed by atoms with Crippen molar-refractivity contribution in [3.63, 3.8) is 0 Å². The highest BCUT2D eigenvalue weighted by Crippen LogP contribution is 2.26. The molecule has 0 radical (unpaired) electrons. The van der Waals surface area contributed by atoms with Crippen molar-refractivity contribution in [1.29, 1.82) is 0 Å². The van der Waals surface area contributed by atoms with Crippen molar-refractivity contribution < 1.29 is 14.3 Å². The molecule has 5 nitrogen and oxygen atoms in total. The molecule has 1 fully saturated rings. The summed E-state index contributed by atoms with van der Waals surface area (Å²) >= 11 is 6.22. The Morgan fingerprint density at radius 1 is 1.04 bits per heavy atom. The van der Waals surface area contributed by atoms with E-state index >= 15 is 0 Å². The summed E-state index contributed by atoms with van der Waals surface area (Å²) in [5.41, 5.74) is 1.26. The molecule has 0 aromatic heterocycles. The summed E-state index contributed by atoms with van der Waals surface area (Å²) in [5.74, 6) is -0.0251. The van der Waals surface area contributed by atoms with E-state index in [9.17, 15) is 9.59 Å². The third-order valence-corrected chi connectivity index (χ3v) is 5.10. The first-order valence-corrected chi connectivity index (χ1v) is 9.51. The summed E-state index contributed by atoms with van der Waals surface area (Å²) in [7, 11) is 1.51. The Morgan fingerprint density at radius 2 is 1.78 bits per heavy atom. The van der Waals surface area contributed by atoms with E-state index in [1.807, 2.05) is 0 Å². The Bertz CT molecular complexity index is 832. The van der Waals surface area contributed by atoms with Crippen LogP contribution in [0, 0.1) is 0 Å². The van der Waals surface area contributed by atoms with Gasteiger partial charge in [-0.05, 0) is 43.2 Å². The number of ether oxygens (including phenoxy) is 1. The summed E-state index contributed by atoms with van der Waals surface area (Å²) in [4.78, 5) is 25.1. The first-order chi connectivity index (χ1) is 13.1. The van der Waals surface area contributed by atoms with Gasteiger partial charge >= 0.3 is 0 Å². The van der Waals surface area contributed by atoms with Crippen LogP contribution in [0.15, 0.2) is 42.5 Å². The van der Waals surface area contributed by atoms with Crippen LogP contribution in [0.4, 0.5) is 5.69 Å². The Morgan fingerprint density at radius 3 is 2.52 bits per heavy atom. The molecule has 0 saturated heterocycles. The van der Waals surface area contributed by atoms with Crippen molar-refractivity contribution in [2.45, 2.75) is 38.1 Å². The first-order valence-electron chi connectivity index (χ1n) is 9.13. The number of hydrogen-bond acceptors (Lipinski definition) is 3. The molecule has 0 bridgehead atoms. The Balaban J connectivity index is 1.75. The fraction of sp³-hybridized carbons (Fsp3) is 0.333. The van der Waals surface area contributed by atoms with Crippen molar-refractivity contribution in [1.82, 2.24) is 5.32 Å². The number of para-hydroxylation sites is 1. The average molecular weight is 387 g/mol. The maximum atomic E-state index is 12.6. The van der Waals surface area contributed by atoms with Crippen LogP contribution in [-0.2, 0) is 0 Å². The van der Waals surface area contributed by atoms with Gasteiger partial charge in [-0.15, -0.1) is 0 Å². The molecule has 142 valence electrons. The predicted molar refractivity (Wildman–Crippen MR) is 107 cm³/mol. The van der Waals surface area contributed by atoms with Gasteiger partial charge in [0, 0.05) is 11.6 Å². The van der Waals surface area contributed by atoms with Gasteiger partial charge in [-0.1, -0.05) is 43.0 Å². The van der Waals surface area contributed by atoms with E-state index < -0.39 is 0 Å². The highest BCUT2D eigenvalue weighted by molar-refractivity contribution is 6.34. The second kappa shape index (κ2) is 8.91. The lowest BCUT2D eigenvalue weighted by Crippen LogP contribution is -2.36. The Labute approximate surface area is 164 Å². The van der Waals surface area contributed by atoms with Crippen LogP contribution in [0.2, 0.25) is 5.02 Å². The summed E-state index contributed by atoms with van der Waals surface area (Å²) in [5, 5.41) is 6.21. The largest absolute Gasteiger partial charge is 0.496 e. The van der Waals surface area contributed by atoms with E-state index in [1.165, 1.54) is 13.5 Å². The van der Waals surface area contributed by atoms with Crippen LogP contribution in [-0.4, -0.2) is 25.0 Å². The molecular weight excluding hydrogens is 364 g/mol. The number of halogens is 1. The summed E-state index contributed by atoms with van der Waals surface area (Å²) in [6.45, 7) is 0. The zero-order valence-corrected chi connectivity index (χ0v) is 16.0. The lowest BCUT2D eigenvalue weighted by Gasteiger charge is -2.23. The molecule has 1 aliphatic carbocycles. The zero-order valence-electron chi connectivity index (χ0n) is 15.3. The molecule has 2 aromatic rings. The van der Waals surface area contributed by atoms with E-state index in [0.717, 1.165) is 25.7 Å². The first kappa shape index (κ1) is 19.2. The summed E-state index contributed by atoms with van der Waals surface area (Å²) < 4.78 is 5.22. The van der Waals surface area contributed by atoms with Crippen LogP contribution in [0.3, 0.4) is 0 Å². The number of carbonyl (C=O) groups is 2. The van der Waals surface area contributed by atoms with Crippen molar-refractivity contribution in [2.24, 2.45) is 0 Å². The number of benzene rings is 2. The number of methoxy groups -OCH3 is 1. The van der Waals surface area contributed by atoms with Crippen LogP contribution in [0.5, 0.6) is 5.75 Å². The number of hydrogen-bond donors (Lipinski definition) is 2. The van der Waals surface area contributed by atoms with Gasteiger partial charge in [0.15, 0.2) is 0 Å². The Kier molecular flexibility index (Phi) is 6.35. The standard InChI is InChI=1S/C21H23ClN2O3/c1-27-19-10-6-5-9-16(19)21(26)24-18-13-14(11-12-17(18)22)20(25)23-15-7-3-2-4-8-15/h5-6,9-13,15H,2-4,7-8H2,1H3,(H,23,25)(H,24,26). The van der Waals surface area contributed by atoms with Crippen molar-refractivity contribution in [3.05, 3.63) is 58.6 Å². The molecule has 0 spiro atoms. The van der Waals surface area contributed by atoms with Crippen LogP contribution in [0.25, 0.3) is 0 Å². The SMILES string of the molecule is COc1ccccc1C(=O)Nc1cc(C(=O)NC2CCCCC2)ccc1Cl. The number of carbonyl (C=O) groups excluding carboxylic acids is 2. The van der Waals surface area contributed by atoms with Crippen LogP contribution in [0.1, 0.15) is 52.8 Å². The average Bonchev–Trinajstić information content (AvgIpc) is 2.70. The van der Waals surface area contributed by atoms with Gasteiger partial charge in [-0.25, -0.2) is 0 Å². The van der Waals surface area contributed by atoms with E-state index in [0.29, 0.717) is 27.6 Å². The molecule has 2 amide bonds. The van der Waals surface area contributed by atoms with Gasteiger partial charge in [0.1, 0.15) is 5.75 Å². The molecule has 1 saturated carbocycles. The molecule has 3 rings (SSSR count). The van der Waals surface area contributed by atoms with Crippen LogP contribution >= 0.6 is 11.6 Å². The minimum atomic E-state index is -0.348. The van der Waals surface area contributed by atoms with Gasteiger partial charge in [0.05, 0.1) is 23.4 Å². The number of anilines is 1. The minimum Gasteiger partial charge on any atom is -0.496 e. The second-order valence-corrected chi connectivity index (χ2v) is 7.06. The smallest absolute Gasteiger partial charge is 0.259 e. The molecule has 0 heterocycles. The van der Waals surface area contributed by atoms with Crippen LogP contribution < -0.4 is 15.4 Å². The van der Waals surface area contributed by atoms with Crippen molar-refractivity contribution in [2.75, 3.05) is 12.4 Å². The van der Waals surface area contributed by atoms with E-state index in [2.05, 4.69) is 10.6 Å². The minimum absolute atomic E-state index is 0.147. The quantitative estimate of drug-likeness (QED) is 0.785. The molecule has 2 N–H and O–H groups in total. The number of nitrogens with one attached hydrogen (secondary N) is 2. The Hall–Kier alpha value is -2.53.